The van der Waals surface area contributed by atoms with Crippen LogP contribution in [-0.4, -0.2) is 37.0 Å². The number of benzene rings is 2. The molecule has 27 heavy (non-hydrogen) atoms. The molecule has 1 atom stereocenters. The fourth-order valence-electron chi connectivity index (χ4n) is 2.37. The number of halogens is 2. The van der Waals surface area contributed by atoms with Crippen LogP contribution in [0.15, 0.2) is 47.6 Å². The molecule has 0 spiro atoms. The van der Waals surface area contributed by atoms with E-state index in [0.29, 0.717) is 20.9 Å². The van der Waals surface area contributed by atoms with E-state index in [-0.39, 0.29) is 23.5 Å². The number of aromatic hydroxyl groups is 1. The number of rotatable bonds is 6. The Hall–Kier alpha value is -2.29. The van der Waals surface area contributed by atoms with Gasteiger partial charge in [0, 0.05) is 10.0 Å². The van der Waals surface area contributed by atoms with Crippen LogP contribution in [0.5, 0.6) is 5.75 Å². The summed E-state index contributed by atoms with van der Waals surface area (Å²) in [5.41, 5.74) is 1.47. The largest absolute Gasteiger partial charge is 0.508 e. The van der Waals surface area contributed by atoms with E-state index in [9.17, 15) is 9.90 Å². The molecule has 2 aromatic carbocycles. The second-order valence-corrected chi connectivity index (χ2v) is 7.42. The lowest BCUT2D eigenvalue weighted by Crippen LogP contribution is -2.28. The summed E-state index contributed by atoms with van der Waals surface area (Å²) < 4.78 is 1.50. The molecule has 0 fully saturated rings. The molecule has 0 aliphatic heterocycles. The first-order chi connectivity index (χ1) is 12.9. The van der Waals surface area contributed by atoms with Gasteiger partial charge in [-0.3, -0.25) is 4.79 Å². The number of tetrazole rings is 1. The first kappa shape index (κ1) is 19.5. The average molecular weight is 424 g/mol. The van der Waals surface area contributed by atoms with Crippen LogP contribution in [-0.2, 0) is 4.79 Å². The van der Waals surface area contributed by atoms with E-state index in [0.717, 1.165) is 5.56 Å². The van der Waals surface area contributed by atoms with Crippen LogP contribution in [0.4, 0.5) is 0 Å². The molecule has 7 nitrogen and oxygen atoms in total. The highest BCUT2D eigenvalue weighted by Crippen LogP contribution is 2.26. The SMILES string of the molecule is CC(NC(=O)CSc1nnnn1-c1ccc(O)cc1)c1ccc(Cl)cc1Cl. The Kier molecular flexibility index (Phi) is 6.20. The van der Waals surface area contributed by atoms with Crippen LogP contribution < -0.4 is 5.32 Å². The molecule has 0 saturated carbocycles. The summed E-state index contributed by atoms with van der Waals surface area (Å²) in [6.07, 6.45) is 0. The van der Waals surface area contributed by atoms with Crippen LogP contribution in [0.25, 0.3) is 5.69 Å². The summed E-state index contributed by atoms with van der Waals surface area (Å²) in [5.74, 6) is 0.0996. The number of nitrogens with one attached hydrogen (secondary N) is 1. The van der Waals surface area contributed by atoms with Crippen LogP contribution in [0.3, 0.4) is 0 Å². The van der Waals surface area contributed by atoms with Crippen molar-refractivity contribution in [2.75, 3.05) is 5.75 Å². The van der Waals surface area contributed by atoms with E-state index in [1.54, 1.807) is 30.3 Å². The van der Waals surface area contributed by atoms with Gasteiger partial charge in [-0.05, 0) is 59.3 Å². The molecule has 0 aliphatic carbocycles. The zero-order chi connectivity index (χ0) is 19.4. The second kappa shape index (κ2) is 8.60. The normalized spacial score (nSPS) is 12.0. The Balaban J connectivity index is 1.61. The smallest absolute Gasteiger partial charge is 0.230 e. The van der Waals surface area contributed by atoms with Crippen LogP contribution in [0.2, 0.25) is 10.0 Å². The maximum atomic E-state index is 12.3. The minimum atomic E-state index is -0.268. The summed E-state index contributed by atoms with van der Waals surface area (Å²) in [7, 11) is 0. The maximum absolute atomic E-state index is 12.3. The van der Waals surface area contributed by atoms with Crippen molar-refractivity contribution in [2.24, 2.45) is 0 Å². The number of hydrogen-bond acceptors (Lipinski definition) is 6. The topological polar surface area (TPSA) is 92.9 Å². The second-order valence-electron chi connectivity index (χ2n) is 5.63. The molecule has 0 aliphatic rings. The Morgan fingerprint density at radius 2 is 2.00 bits per heavy atom. The molecule has 1 heterocycles. The average Bonchev–Trinajstić information content (AvgIpc) is 3.09. The van der Waals surface area contributed by atoms with E-state index in [4.69, 9.17) is 23.2 Å². The molecule has 1 unspecified atom stereocenters. The third-order valence-electron chi connectivity index (χ3n) is 3.67. The van der Waals surface area contributed by atoms with E-state index < -0.39 is 0 Å². The van der Waals surface area contributed by atoms with Crippen LogP contribution in [0, 0.1) is 0 Å². The van der Waals surface area contributed by atoms with Crippen molar-refractivity contribution in [2.45, 2.75) is 18.1 Å². The minimum Gasteiger partial charge on any atom is -0.508 e. The van der Waals surface area contributed by atoms with Crippen molar-refractivity contribution >= 4 is 40.9 Å². The lowest BCUT2D eigenvalue weighted by molar-refractivity contribution is -0.119. The van der Waals surface area contributed by atoms with Crippen molar-refractivity contribution in [3.05, 3.63) is 58.1 Å². The van der Waals surface area contributed by atoms with E-state index in [2.05, 4.69) is 20.8 Å². The summed E-state index contributed by atoms with van der Waals surface area (Å²) in [5, 5.41) is 25.3. The number of thioether (sulfide) groups is 1. The first-order valence-electron chi connectivity index (χ1n) is 7.89. The molecular weight excluding hydrogens is 409 g/mol. The number of phenols is 1. The quantitative estimate of drug-likeness (QED) is 0.587. The highest BCUT2D eigenvalue weighted by molar-refractivity contribution is 7.99. The fraction of sp³-hybridized carbons (Fsp3) is 0.176. The van der Waals surface area contributed by atoms with Gasteiger partial charge in [0.1, 0.15) is 5.75 Å². The highest BCUT2D eigenvalue weighted by Gasteiger charge is 2.15. The molecule has 1 aromatic heterocycles. The van der Waals surface area contributed by atoms with Crippen molar-refractivity contribution in [1.29, 1.82) is 0 Å². The molecule has 140 valence electrons. The molecule has 0 saturated heterocycles. The number of amides is 1. The van der Waals surface area contributed by atoms with E-state index >= 15 is 0 Å². The molecule has 3 aromatic rings. The number of aromatic nitrogens is 4. The van der Waals surface area contributed by atoms with Gasteiger partial charge in [0.05, 0.1) is 17.5 Å². The molecule has 1 amide bonds. The van der Waals surface area contributed by atoms with Gasteiger partial charge in [0.2, 0.25) is 11.1 Å². The molecule has 2 N–H and O–H groups in total. The van der Waals surface area contributed by atoms with Gasteiger partial charge in [0.25, 0.3) is 0 Å². The summed E-state index contributed by atoms with van der Waals surface area (Å²) in [6.45, 7) is 1.85. The molecule has 0 bridgehead atoms. The van der Waals surface area contributed by atoms with Gasteiger partial charge in [0.15, 0.2) is 0 Å². The number of carbonyl (C=O) groups is 1. The highest BCUT2D eigenvalue weighted by atomic mass is 35.5. The summed E-state index contributed by atoms with van der Waals surface area (Å²) in [6, 6.07) is 11.3. The lowest BCUT2D eigenvalue weighted by Gasteiger charge is -2.15. The van der Waals surface area contributed by atoms with Crippen molar-refractivity contribution in [1.82, 2.24) is 25.5 Å². The maximum Gasteiger partial charge on any atom is 0.230 e. The van der Waals surface area contributed by atoms with Gasteiger partial charge in [-0.1, -0.05) is 41.0 Å². The van der Waals surface area contributed by atoms with Gasteiger partial charge in [-0.2, -0.15) is 4.68 Å². The lowest BCUT2D eigenvalue weighted by atomic mass is 10.1. The number of hydrogen-bond donors (Lipinski definition) is 2. The van der Waals surface area contributed by atoms with Crippen molar-refractivity contribution in [3.63, 3.8) is 0 Å². The Morgan fingerprint density at radius 3 is 2.70 bits per heavy atom. The van der Waals surface area contributed by atoms with E-state index in [1.165, 1.54) is 28.6 Å². The van der Waals surface area contributed by atoms with Gasteiger partial charge >= 0.3 is 0 Å². The molecule has 10 heteroatoms. The molecule has 3 rings (SSSR count). The zero-order valence-corrected chi connectivity index (χ0v) is 16.5. The predicted octanol–water partition coefficient (Wildman–Crippen LogP) is 3.64. The summed E-state index contributed by atoms with van der Waals surface area (Å²) >= 11 is 13.3. The predicted molar refractivity (Wildman–Crippen MR) is 105 cm³/mol. The Morgan fingerprint density at radius 1 is 1.26 bits per heavy atom. The first-order valence-corrected chi connectivity index (χ1v) is 9.63. The Labute approximate surface area is 169 Å². The van der Waals surface area contributed by atoms with Gasteiger partial charge in [-0.15, -0.1) is 5.10 Å². The number of phenolic OH excluding ortho intramolecular Hbond substituents is 1. The molecule has 0 radical (unpaired) electrons. The number of carbonyl (C=O) groups excluding carboxylic acids is 1. The standard InChI is InChI=1S/C17H15Cl2N5O2S/c1-10(14-7-2-11(18)8-15(14)19)20-16(26)9-27-17-21-22-23-24(17)12-3-5-13(25)6-4-12/h2-8,10,25H,9H2,1H3,(H,20,26). The Bertz CT molecular complexity index is 949. The van der Waals surface area contributed by atoms with E-state index in [1.807, 2.05) is 6.92 Å². The number of nitrogens with zero attached hydrogens (tertiary/aromatic N) is 4. The molecular formula is C17H15Cl2N5O2S. The van der Waals surface area contributed by atoms with Crippen LogP contribution in [0.1, 0.15) is 18.5 Å². The van der Waals surface area contributed by atoms with Crippen LogP contribution >= 0.6 is 35.0 Å². The van der Waals surface area contributed by atoms with Gasteiger partial charge < -0.3 is 10.4 Å². The zero-order valence-electron chi connectivity index (χ0n) is 14.1. The van der Waals surface area contributed by atoms with Gasteiger partial charge in [-0.25, -0.2) is 0 Å². The minimum absolute atomic E-state index is 0.133. The van der Waals surface area contributed by atoms with Crippen molar-refractivity contribution in [3.8, 4) is 11.4 Å². The van der Waals surface area contributed by atoms with Crippen molar-refractivity contribution < 1.29 is 9.90 Å². The monoisotopic (exact) mass is 423 g/mol. The third-order valence-corrected chi connectivity index (χ3v) is 5.16. The third kappa shape index (κ3) is 4.91. The summed E-state index contributed by atoms with van der Waals surface area (Å²) in [4.78, 5) is 12.3. The fourth-order valence-corrected chi connectivity index (χ4v) is 3.64.